The third-order valence-electron chi connectivity index (χ3n) is 3.14. The van der Waals surface area contributed by atoms with Gasteiger partial charge in [-0.25, -0.2) is 0 Å². The number of anilines is 2. The van der Waals surface area contributed by atoms with Crippen LogP contribution in [0.3, 0.4) is 0 Å². The van der Waals surface area contributed by atoms with Gasteiger partial charge in [-0.1, -0.05) is 6.92 Å². The zero-order valence-corrected chi connectivity index (χ0v) is 11.8. The standard InChI is InChI=1S/C15H20N4O/c1-3-8-18-15(20)10(2)19-13-7-6-12-11(14(13)16)5-4-9-17-12/h4-7,9-10,19H,3,8,16H2,1-2H3,(H,18,20). The number of nitrogen functional groups attached to an aromatic ring is 1. The second kappa shape index (κ2) is 6.23. The molecule has 0 spiro atoms. The van der Waals surface area contributed by atoms with E-state index < -0.39 is 0 Å². The van der Waals surface area contributed by atoms with E-state index in [0.29, 0.717) is 12.2 Å². The number of hydrogen-bond donors (Lipinski definition) is 3. The summed E-state index contributed by atoms with van der Waals surface area (Å²) in [5, 5.41) is 6.89. The molecule has 0 bridgehead atoms. The van der Waals surface area contributed by atoms with Gasteiger partial charge in [-0.2, -0.15) is 0 Å². The van der Waals surface area contributed by atoms with E-state index in [2.05, 4.69) is 15.6 Å². The maximum absolute atomic E-state index is 11.9. The Morgan fingerprint density at radius 3 is 2.95 bits per heavy atom. The number of amides is 1. The van der Waals surface area contributed by atoms with Gasteiger partial charge in [-0.05, 0) is 37.6 Å². The molecule has 0 aliphatic heterocycles. The van der Waals surface area contributed by atoms with Crippen LogP contribution in [0.15, 0.2) is 30.5 Å². The van der Waals surface area contributed by atoms with Crippen LogP contribution in [0.2, 0.25) is 0 Å². The minimum absolute atomic E-state index is 0.0301. The van der Waals surface area contributed by atoms with Crippen molar-refractivity contribution < 1.29 is 4.79 Å². The Labute approximate surface area is 118 Å². The molecule has 1 aromatic carbocycles. The van der Waals surface area contributed by atoms with E-state index in [1.165, 1.54) is 0 Å². The van der Waals surface area contributed by atoms with Gasteiger partial charge in [0.25, 0.3) is 0 Å². The first-order valence-corrected chi connectivity index (χ1v) is 6.81. The number of nitrogens with zero attached hydrogens (tertiary/aromatic N) is 1. The van der Waals surface area contributed by atoms with Gasteiger partial charge in [0.15, 0.2) is 0 Å². The molecule has 5 nitrogen and oxygen atoms in total. The van der Waals surface area contributed by atoms with Gasteiger partial charge in [0.05, 0.1) is 16.9 Å². The maximum Gasteiger partial charge on any atom is 0.242 e. The number of nitrogens with two attached hydrogens (primary N) is 1. The highest BCUT2D eigenvalue weighted by atomic mass is 16.2. The molecule has 20 heavy (non-hydrogen) atoms. The fourth-order valence-corrected chi connectivity index (χ4v) is 2.00. The van der Waals surface area contributed by atoms with Gasteiger partial charge in [0.1, 0.15) is 6.04 Å². The molecule has 0 aliphatic rings. The van der Waals surface area contributed by atoms with Crippen LogP contribution in [-0.2, 0) is 4.79 Å². The summed E-state index contributed by atoms with van der Waals surface area (Å²) in [5.74, 6) is -0.0301. The number of pyridine rings is 1. The van der Waals surface area contributed by atoms with Crippen LogP contribution in [0.25, 0.3) is 10.9 Å². The minimum atomic E-state index is -0.335. The lowest BCUT2D eigenvalue weighted by molar-refractivity contribution is -0.121. The van der Waals surface area contributed by atoms with Crippen LogP contribution in [0.5, 0.6) is 0 Å². The van der Waals surface area contributed by atoms with E-state index in [4.69, 9.17) is 5.73 Å². The van der Waals surface area contributed by atoms with E-state index in [0.717, 1.165) is 23.0 Å². The van der Waals surface area contributed by atoms with E-state index in [1.807, 2.05) is 38.1 Å². The van der Waals surface area contributed by atoms with Crippen molar-refractivity contribution in [3.05, 3.63) is 30.5 Å². The van der Waals surface area contributed by atoms with Crippen molar-refractivity contribution in [2.75, 3.05) is 17.6 Å². The number of carbonyl (C=O) groups excluding carboxylic acids is 1. The van der Waals surface area contributed by atoms with Crippen molar-refractivity contribution in [1.82, 2.24) is 10.3 Å². The summed E-state index contributed by atoms with van der Waals surface area (Å²) < 4.78 is 0. The highest BCUT2D eigenvalue weighted by Gasteiger charge is 2.13. The molecule has 1 unspecified atom stereocenters. The summed E-state index contributed by atoms with van der Waals surface area (Å²) in [6.07, 6.45) is 2.65. The number of aromatic nitrogens is 1. The monoisotopic (exact) mass is 272 g/mol. The first-order chi connectivity index (χ1) is 9.63. The zero-order chi connectivity index (χ0) is 14.5. The molecule has 0 saturated carbocycles. The molecule has 2 aromatic rings. The molecule has 5 heteroatoms. The average Bonchev–Trinajstić information content (AvgIpc) is 2.47. The number of nitrogens with one attached hydrogen (secondary N) is 2. The van der Waals surface area contributed by atoms with Gasteiger partial charge >= 0.3 is 0 Å². The average molecular weight is 272 g/mol. The van der Waals surface area contributed by atoms with Gasteiger partial charge in [0.2, 0.25) is 5.91 Å². The van der Waals surface area contributed by atoms with E-state index >= 15 is 0 Å². The van der Waals surface area contributed by atoms with Crippen LogP contribution in [0.1, 0.15) is 20.3 Å². The Morgan fingerprint density at radius 2 is 2.20 bits per heavy atom. The van der Waals surface area contributed by atoms with Crippen LogP contribution in [-0.4, -0.2) is 23.5 Å². The largest absolute Gasteiger partial charge is 0.397 e. The summed E-state index contributed by atoms with van der Waals surface area (Å²) in [7, 11) is 0. The van der Waals surface area contributed by atoms with Crippen LogP contribution in [0.4, 0.5) is 11.4 Å². The van der Waals surface area contributed by atoms with Gasteiger partial charge in [0, 0.05) is 18.1 Å². The number of carbonyl (C=O) groups is 1. The van der Waals surface area contributed by atoms with E-state index in [1.54, 1.807) is 6.20 Å². The Kier molecular flexibility index (Phi) is 4.40. The first-order valence-electron chi connectivity index (χ1n) is 6.81. The van der Waals surface area contributed by atoms with Crippen molar-refractivity contribution in [3.8, 4) is 0 Å². The number of hydrogen-bond acceptors (Lipinski definition) is 4. The second-order valence-corrected chi connectivity index (χ2v) is 4.75. The third kappa shape index (κ3) is 2.99. The summed E-state index contributed by atoms with van der Waals surface area (Å²) in [6.45, 7) is 4.52. The molecule has 106 valence electrons. The third-order valence-corrected chi connectivity index (χ3v) is 3.14. The highest BCUT2D eigenvalue weighted by Crippen LogP contribution is 2.27. The molecule has 0 saturated heterocycles. The number of rotatable bonds is 5. The van der Waals surface area contributed by atoms with Crippen LogP contribution in [0, 0.1) is 0 Å². The molecule has 1 amide bonds. The lowest BCUT2D eigenvalue weighted by Crippen LogP contribution is -2.38. The molecule has 1 atom stereocenters. The molecule has 0 fully saturated rings. The van der Waals surface area contributed by atoms with Crippen molar-refractivity contribution in [2.45, 2.75) is 26.3 Å². The van der Waals surface area contributed by atoms with Gasteiger partial charge < -0.3 is 16.4 Å². The summed E-state index contributed by atoms with van der Waals surface area (Å²) in [5.41, 5.74) is 8.35. The quantitative estimate of drug-likeness (QED) is 0.729. The Balaban J connectivity index is 2.17. The molecule has 2 rings (SSSR count). The fraction of sp³-hybridized carbons (Fsp3) is 0.333. The predicted octanol–water partition coefficient (Wildman–Crippen LogP) is 2.14. The van der Waals surface area contributed by atoms with Crippen molar-refractivity contribution >= 4 is 28.2 Å². The van der Waals surface area contributed by atoms with E-state index in [9.17, 15) is 4.79 Å². The summed E-state index contributed by atoms with van der Waals surface area (Å²) in [6, 6.07) is 7.18. The topological polar surface area (TPSA) is 80.0 Å². The first kappa shape index (κ1) is 14.1. The van der Waals surface area contributed by atoms with Crippen LogP contribution < -0.4 is 16.4 Å². The summed E-state index contributed by atoms with van der Waals surface area (Å²) >= 11 is 0. The lowest BCUT2D eigenvalue weighted by atomic mass is 10.1. The number of fused-ring (bicyclic) bond motifs is 1. The molecule has 0 radical (unpaired) electrons. The fourth-order valence-electron chi connectivity index (χ4n) is 2.00. The van der Waals surface area contributed by atoms with Crippen LogP contribution >= 0.6 is 0 Å². The molecule has 4 N–H and O–H groups in total. The Morgan fingerprint density at radius 1 is 1.40 bits per heavy atom. The summed E-state index contributed by atoms with van der Waals surface area (Å²) in [4.78, 5) is 16.1. The second-order valence-electron chi connectivity index (χ2n) is 4.75. The maximum atomic E-state index is 11.9. The Bertz CT molecular complexity index is 612. The van der Waals surface area contributed by atoms with Crippen molar-refractivity contribution in [3.63, 3.8) is 0 Å². The smallest absolute Gasteiger partial charge is 0.242 e. The molecule has 0 aliphatic carbocycles. The van der Waals surface area contributed by atoms with E-state index in [-0.39, 0.29) is 11.9 Å². The molecule has 1 aromatic heterocycles. The SMILES string of the molecule is CCCNC(=O)C(C)Nc1ccc2ncccc2c1N. The van der Waals surface area contributed by atoms with Gasteiger partial charge in [-0.15, -0.1) is 0 Å². The van der Waals surface area contributed by atoms with Gasteiger partial charge in [-0.3, -0.25) is 9.78 Å². The van der Waals surface area contributed by atoms with Crippen molar-refractivity contribution in [1.29, 1.82) is 0 Å². The van der Waals surface area contributed by atoms with Crippen molar-refractivity contribution in [2.24, 2.45) is 0 Å². The number of benzene rings is 1. The molecular formula is C15H20N4O. The highest BCUT2D eigenvalue weighted by molar-refractivity contribution is 5.98. The minimum Gasteiger partial charge on any atom is -0.397 e. The zero-order valence-electron chi connectivity index (χ0n) is 11.8. The molecular weight excluding hydrogens is 252 g/mol. The molecule has 1 heterocycles. The lowest BCUT2D eigenvalue weighted by Gasteiger charge is -2.17. The normalized spacial score (nSPS) is 12.1. The predicted molar refractivity (Wildman–Crippen MR) is 82.5 cm³/mol. The Hall–Kier alpha value is -2.30.